The number of nitrogens with one attached hydrogen (secondary N) is 1. The number of ether oxygens (including phenoxy) is 2. The Morgan fingerprint density at radius 3 is 2.61 bits per heavy atom. The predicted octanol–water partition coefficient (Wildman–Crippen LogP) is 5.38. The Hall–Kier alpha value is -2.89. The van der Waals surface area contributed by atoms with E-state index in [2.05, 4.69) is 10.2 Å². The van der Waals surface area contributed by atoms with Crippen LogP contribution >= 0.6 is 35.4 Å². The predicted molar refractivity (Wildman–Crippen MR) is 110 cm³/mol. The summed E-state index contributed by atoms with van der Waals surface area (Å²) >= 11 is 16.6. The Kier molecular flexibility index (Phi) is 6.68. The van der Waals surface area contributed by atoms with E-state index >= 15 is 0 Å². The molecule has 0 radical (unpaired) electrons. The van der Waals surface area contributed by atoms with Gasteiger partial charge in [0.1, 0.15) is 0 Å². The van der Waals surface area contributed by atoms with Crippen molar-refractivity contribution in [3.05, 3.63) is 68.2 Å². The number of methoxy groups -OCH3 is 1. The fraction of sp³-hybridized carbons (Fsp3) is 0.111. The van der Waals surface area contributed by atoms with Gasteiger partial charge in [-0.15, -0.1) is 5.10 Å². The van der Waals surface area contributed by atoms with Crippen LogP contribution in [0.25, 0.3) is 0 Å². The van der Waals surface area contributed by atoms with Gasteiger partial charge in [0.15, 0.2) is 11.5 Å². The van der Waals surface area contributed by atoms with E-state index in [4.69, 9.17) is 44.9 Å². The van der Waals surface area contributed by atoms with Crippen LogP contribution in [0.4, 0.5) is 13.2 Å². The largest absolute Gasteiger partial charge is 0.493 e. The van der Waals surface area contributed by atoms with Crippen molar-refractivity contribution in [1.82, 2.24) is 14.9 Å². The van der Waals surface area contributed by atoms with E-state index in [1.165, 1.54) is 43.5 Å². The van der Waals surface area contributed by atoms with E-state index < -0.39 is 18.0 Å². The van der Waals surface area contributed by atoms with E-state index in [1.807, 2.05) is 5.10 Å². The Morgan fingerprint density at radius 2 is 1.97 bits per heavy atom. The van der Waals surface area contributed by atoms with Gasteiger partial charge in [0, 0.05) is 5.02 Å². The number of halogens is 5. The highest BCUT2D eigenvalue weighted by Crippen LogP contribution is 2.30. The molecule has 0 aliphatic carbocycles. The lowest BCUT2D eigenvalue weighted by Gasteiger charge is -2.11. The minimum atomic E-state index is -4.75. The summed E-state index contributed by atoms with van der Waals surface area (Å²) in [5, 5.41) is 9.35. The molecule has 0 amide bonds. The molecule has 0 aliphatic heterocycles. The van der Waals surface area contributed by atoms with Gasteiger partial charge in [-0.1, -0.05) is 23.2 Å². The summed E-state index contributed by atoms with van der Waals surface area (Å²) in [4.78, 5) is 12.4. The van der Waals surface area contributed by atoms with Gasteiger partial charge < -0.3 is 9.47 Å². The molecule has 0 atom stereocenters. The maximum absolute atomic E-state index is 13.0. The molecule has 0 saturated heterocycles. The van der Waals surface area contributed by atoms with Crippen LogP contribution in [0.3, 0.4) is 0 Å². The summed E-state index contributed by atoms with van der Waals surface area (Å²) in [6.07, 6.45) is -3.63. The van der Waals surface area contributed by atoms with Gasteiger partial charge in [-0.05, 0) is 54.2 Å². The zero-order valence-electron chi connectivity index (χ0n) is 15.4. The van der Waals surface area contributed by atoms with E-state index in [9.17, 15) is 18.0 Å². The lowest BCUT2D eigenvalue weighted by molar-refractivity contribution is -0.147. The number of aromatic amines is 1. The summed E-state index contributed by atoms with van der Waals surface area (Å²) < 4.78 is 49.5. The average molecular weight is 491 g/mol. The SMILES string of the molecule is COc1cc(/C=N/n2c(C(F)(F)F)n[nH]c2=S)ccc1OC(=O)c1ccc(Cl)cc1Cl. The molecule has 1 N–H and O–H groups in total. The first-order valence-corrected chi connectivity index (χ1v) is 9.41. The molecule has 3 aromatic rings. The zero-order valence-corrected chi connectivity index (χ0v) is 17.7. The fourth-order valence-corrected chi connectivity index (χ4v) is 3.03. The number of rotatable bonds is 5. The van der Waals surface area contributed by atoms with Gasteiger partial charge in [-0.3, -0.25) is 0 Å². The van der Waals surface area contributed by atoms with Gasteiger partial charge in [-0.25, -0.2) is 9.89 Å². The van der Waals surface area contributed by atoms with Crippen LogP contribution in [0.1, 0.15) is 21.7 Å². The summed E-state index contributed by atoms with van der Waals surface area (Å²) in [6, 6.07) is 8.54. The van der Waals surface area contributed by atoms with Gasteiger partial charge in [0.05, 0.1) is 23.9 Å². The molecule has 13 heteroatoms. The fourth-order valence-electron chi connectivity index (χ4n) is 2.37. The number of H-pyrrole nitrogens is 1. The average Bonchev–Trinajstić information content (AvgIpc) is 3.07. The van der Waals surface area contributed by atoms with Crippen LogP contribution in [0.5, 0.6) is 11.5 Å². The zero-order chi connectivity index (χ0) is 22.8. The van der Waals surface area contributed by atoms with Crippen molar-refractivity contribution < 1.29 is 27.4 Å². The third-order valence-electron chi connectivity index (χ3n) is 3.77. The summed E-state index contributed by atoms with van der Waals surface area (Å²) in [7, 11) is 1.33. The van der Waals surface area contributed by atoms with Crippen LogP contribution in [0.2, 0.25) is 10.0 Å². The molecule has 0 aliphatic rings. The maximum atomic E-state index is 13.0. The molecule has 0 unspecified atom stereocenters. The molecule has 1 heterocycles. The summed E-state index contributed by atoms with van der Waals surface area (Å²) in [5.74, 6) is -1.85. The van der Waals surface area contributed by atoms with Crippen molar-refractivity contribution in [2.45, 2.75) is 6.18 Å². The van der Waals surface area contributed by atoms with Crippen molar-refractivity contribution in [1.29, 1.82) is 0 Å². The van der Waals surface area contributed by atoms with Crippen LogP contribution in [-0.2, 0) is 6.18 Å². The molecular formula is C18H11Cl2F3N4O3S. The van der Waals surface area contributed by atoms with Gasteiger partial charge in [0.2, 0.25) is 4.77 Å². The molecule has 0 spiro atoms. The van der Waals surface area contributed by atoms with Crippen molar-refractivity contribution >= 4 is 47.6 Å². The van der Waals surface area contributed by atoms with Gasteiger partial charge in [-0.2, -0.15) is 22.9 Å². The van der Waals surface area contributed by atoms with Crippen LogP contribution < -0.4 is 9.47 Å². The third-order valence-corrected chi connectivity index (χ3v) is 4.58. The minimum Gasteiger partial charge on any atom is -0.493 e. The van der Waals surface area contributed by atoms with Crippen LogP contribution in [0.15, 0.2) is 41.5 Å². The highest BCUT2D eigenvalue weighted by Gasteiger charge is 2.37. The lowest BCUT2D eigenvalue weighted by Crippen LogP contribution is -2.12. The number of esters is 1. The first kappa shape index (κ1) is 22.8. The van der Waals surface area contributed by atoms with Crippen LogP contribution in [0, 0.1) is 4.77 Å². The number of carbonyl (C=O) groups is 1. The van der Waals surface area contributed by atoms with Crippen LogP contribution in [-0.4, -0.2) is 34.2 Å². The Balaban J connectivity index is 1.86. The maximum Gasteiger partial charge on any atom is 0.453 e. The Bertz CT molecular complexity index is 1220. The standard InChI is InChI=1S/C18H11Cl2F3N4O3S/c1-29-14-6-9(8-24-27-16(18(21,22)23)25-26-17(27)31)2-5-13(14)30-15(28)11-4-3-10(19)7-12(11)20/h2-8H,1H3,(H,26,31)/b24-8+. The number of carbonyl (C=O) groups excluding carboxylic acids is 1. The van der Waals surface area contributed by atoms with Gasteiger partial charge >= 0.3 is 12.1 Å². The molecule has 0 bridgehead atoms. The van der Waals surface area contributed by atoms with Crippen molar-refractivity contribution in [3.63, 3.8) is 0 Å². The van der Waals surface area contributed by atoms with Gasteiger partial charge in [0.25, 0.3) is 5.82 Å². The number of hydrogen-bond acceptors (Lipinski definition) is 6. The lowest BCUT2D eigenvalue weighted by atomic mass is 10.2. The number of nitrogens with zero attached hydrogens (tertiary/aromatic N) is 3. The summed E-state index contributed by atoms with van der Waals surface area (Å²) in [5.41, 5.74) is 0.435. The van der Waals surface area contributed by atoms with E-state index in [0.29, 0.717) is 15.3 Å². The number of aromatic nitrogens is 3. The monoisotopic (exact) mass is 490 g/mol. The molecule has 0 fully saturated rings. The van der Waals surface area contributed by atoms with E-state index in [1.54, 1.807) is 0 Å². The van der Waals surface area contributed by atoms with Crippen molar-refractivity contribution in [2.24, 2.45) is 5.10 Å². The molecule has 3 rings (SSSR count). The first-order chi connectivity index (χ1) is 14.6. The second-order valence-corrected chi connectivity index (χ2v) is 7.06. The molecule has 31 heavy (non-hydrogen) atoms. The normalized spacial score (nSPS) is 11.7. The second-order valence-electron chi connectivity index (χ2n) is 5.83. The van der Waals surface area contributed by atoms with Crippen molar-refractivity contribution in [2.75, 3.05) is 7.11 Å². The number of hydrogen-bond donors (Lipinski definition) is 1. The molecule has 2 aromatic carbocycles. The molecule has 0 saturated carbocycles. The molecule has 7 nitrogen and oxygen atoms in total. The highest BCUT2D eigenvalue weighted by molar-refractivity contribution is 7.71. The Labute approximate surface area is 188 Å². The van der Waals surface area contributed by atoms with Crippen molar-refractivity contribution in [3.8, 4) is 11.5 Å². The van der Waals surface area contributed by atoms with E-state index in [-0.39, 0.29) is 26.9 Å². The topological polar surface area (TPSA) is 81.5 Å². The quantitative estimate of drug-likeness (QED) is 0.225. The molecular weight excluding hydrogens is 480 g/mol. The minimum absolute atomic E-state index is 0.0616. The first-order valence-electron chi connectivity index (χ1n) is 8.24. The number of alkyl halides is 3. The summed E-state index contributed by atoms with van der Waals surface area (Å²) in [6.45, 7) is 0. The Morgan fingerprint density at radius 1 is 1.23 bits per heavy atom. The number of benzene rings is 2. The second kappa shape index (κ2) is 9.08. The molecule has 162 valence electrons. The highest BCUT2D eigenvalue weighted by atomic mass is 35.5. The van der Waals surface area contributed by atoms with E-state index in [0.717, 1.165) is 6.21 Å². The smallest absolute Gasteiger partial charge is 0.453 e. The molecule has 1 aromatic heterocycles. The third kappa shape index (κ3) is 5.24.